The zero-order valence-corrected chi connectivity index (χ0v) is 15.3. The molecular formula is C17H17ClINO2. The fourth-order valence-corrected chi connectivity index (χ4v) is 2.78. The quantitative estimate of drug-likeness (QED) is 0.673. The first-order valence-electron chi connectivity index (χ1n) is 6.93. The van der Waals surface area contributed by atoms with Crippen molar-refractivity contribution in [2.45, 2.75) is 19.8 Å². The number of hydrogen-bond acceptors (Lipinski definition) is 2. The fraction of sp³-hybridized carbons (Fsp3) is 0.235. The van der Waals surface area contributed by atoms with Gasteiger partial charge in [0.05, 0.1) is 10.7 Å². The van der Waals surface area contributed by atoms with Crippen LogP contribution in [0.25, 0.3) is 0 Å². The molecule has 0 aliphatic carbocycles. The number of anilines is 1. The van der Waals surface area contributed by atoms with Gasteiger partial charge in [-0.3, -0.25) is 4.79 Å². The van der Waals surface area contributed by atoms with E-state index in [1.54, 1.807) is 12.1 Å². The average molecular weight is 430 g/mol. The number of carbonyl (C=O) groups excluding carboxylic acids is 1. The third-order valence-corrected chi connectivity index (χ3v) is 4.11. The summed E-state index contributed by atoms with van der Waals surface area (Å²) in [6.45, 7) is 4.21. The Morgan fingerprint density at radius 3 is 2.50 bits per heavy atom. The molecule has 0 aliphatic heterocycles. The van der Waals surface area contributed by atoms with Crippen LogP contribution in [0.3, 0.4) is 0 Å². The molecule has 0 heterocycles. The standard InChI is InChI=1S/C17H17ClINO2/c1-11(2)12-3-6-14(7-4-12)22-10-17(21)20-16-8-5-13(19)9-15(16)18/h3-9,11H,10H2,1-2H3,(H,20,21). The lowest BCUT2D eigenvalue weighted by Crippen LogP contribution is -2.20. The first kappa shape index (κ1) is 17.1. The molecule has 116 valence electrons. The van der Waals surface area contributed by atoms with Crippen molar-refractivity contribution in [3.05, 3.63) is 56.6 Å². The topological polar surface area (TPSA) is 38.3 Å². The molecule has 0 unspecified atom stereocenters. The Balaban J connectivity index is 1.89. The van der Waals surface area contributed by atoms with Gasteiger partial charge in [-0.05, 0) is 64.4 Å². The molecule has 2 aromatic carbocycles. The number of halogens is 2. The Labute approximate surface area is 149 Å². The van der Waals surface area contributed by atoms with Gasteiger partial charge in [0.15, 0.2) is 6.61 Å². The Kier molecular flexibility index (Phi) is 6.08. The summed E-state index contributed by atoms with van der Waals surface area (Å²) in [5, 5.41) is 3.25. The van der Waals surface area contributed by atoms with Gasteiger partial charge in [0, 0.05) is 3.57 Å². The monoisotopic (exact) mass is 429 g/mol. The summed E-state index contributed by atoms with van der Waals surface area (Å²) in [6, 6.07) is 13.2. The lowest BCUT2D eigenvalue weighted by Gasteiger charge is -2.10. The van der Waals surface area contributed by atoms with E-state index in [9.17, 15) is 4.79 Å². The van der Waals surface area contributed by atoms with Crippen LogP contribution in [-0.2, 0) is 4.79 Å². The highest BCUT2D eigenvalue weighted by molar-refractivity contribution is 14.1. The minimum atomic E-state index is -0.240. The van der Waals surface area contributed by atoms with Crippen LogP contribution < -0.4 is 10.1 Å². The maximum Gasteiger partial charge on any atom is 0.262 e. The minimum Gasteiger partial charge on any atom is -0.484 e. The van der Waals surface area contributed by atoms with Crippen LogP contribution in [0.15, 0.2) is 42.5 Å². The van der Waals surface area contributed by atoms with Crippen molar-refractivity contribution in [3.8, 4) is 5.75 Å². The predicted octanol–water partition coefficient (Wildman–Crippen LogP) is 5.09. The van der Waals surface area contributed by atoms with E-state index in [1.165, 1.54) is 5.56 Å². The predicted molar refractivity (Wildman–Crippen MR) is 98.8 cm³/mol. The zero-order valence-electron chi connectivity index (χ0n) is 12.4. The van der Waals surface area contributed by atoms with Crippen LogP contribution in [0.4, 0.5) is 5.69 Å². The molecule has 1 N–H and O–H groups in total. The van der Waals surface area contributed by atoms with Gasteiger partial charge >= 0.3 is 0 Å². The molecular weight excluding hydrogens is 413 g/mol. The second-order valence-corrected chi connectivity index (χ2v) is 6.84. The van der Waals surface area contributed by atoms with E-state index in [0.29, 0.717) is 22.4 Å². The second-order valence-electron chi connectivity index (χ2n) is 5.18. The van der Waals surface area contributed by atoms with Crippen LogP contribution in [0.5, 0.6) is 5.75 Å². The third-order valence-electron chi connectivity index (χ3n) is 3.12. The van der Waals surface area contributed by atoms with Crippen molar-refractivity contribution in [3.63, 3.8) is 0 Å². The van der Waals surface area contributed by atoms with Crippen molar-refractivity contribution >= 4 is 45.8 Å². The molecule has 0 bridgehead atoms. The Morgan fingerprint density at radius 1 is 1.23 bits per heavy atom. The van der Waals surface area contributed by atoms with Crippen molar-refractivity contribution < 1.29 is 9.53 Å². The van der Waals surface area contributed by atoms with Gasteiger partial charge in [-0.2, -0.15) is 0 Å². The molecule has 0 spiro atoms. The molecule has 0 fully saturated rings. The summed E-state index contributed by atoms with van der Waals surface area (Å²) in [6.07, 6.45) is 0. The molecule has 0 saturated heterocycles. The first-order chi connectivity index (χ1) is 10.5. The van der Waals surface area contributed by atoms with Gasteiger partial charge < -0.3 is 10.1 Å². The first-order valence-corrected chi connectivity index (χ1v) is 8.39. The molecule has 0 radical (unpaired) electrons. The van der Waals surface area contributed by atoms with E-state index in [-0.39, 0.29) is 12.5 Å². The highest BCUT2D eigenvalue weighted by Gasteiger charge is 2.07. The Bertz CT molecular complexity index is 656. The van der Waals surface area contributed by atoms with Crippen LogP contribution in [-0.4, -0.2) is 12.5 Å². The van der Waals surface area contributed by atoms with Gasteiger partial charge in [0.1, 0.15) is 5.75 Å². The fourth-order valence-electron chi connectivity index (χ4n) is 1.87. The molecule has 0 atom stereocenters. The molecule has 2 aromatic rings. The normalized spacial score (nSPS) is 10.6. The average Bonchev–Trinajstić information content (AvgIpc) is 2.48. The molecule has 22 heavy (non-hydrogen) atoms. The van der Waals surface area contributed by atoms with Crippen molar-refractivity contribution in [2.75, 3.05) is 11.9 Å². The summed E-state index contributed by atoms with van der Waals surface area (Å²) in [4.78, 5) is 11.9. The van der Waals surface area contributed by atoms with Crippen molar-refractivity contribution in [1.82, 2.24) is 0 Å². The molecule has 0 saturated carbocycles. The van der Waals surface area contributed by atoms with Gasteiger partial charge in [-0.25, -0.2) is 0 Å². The number of benzene rings is 2. The Morgan fingerprint density at radius 2 is 1.91 bits per heavy atom. The smallest absolute Gasteiger partial charge is 0.262 e. The number of carbonyl (C=O) groups is 1. The lowest BCUT2D eigenvalue weighted by atomic mass is 10.0. The van der Waals surface area contributed by atoms with Gasteiger partial charge in [-0.15, -0.1) is 0 Å². The van der Waals surface area contributed by atoms with Gasteiger partial charge in [-0.1, -0.05) is 37.6 Å². The largest absolute Gasteiger partial charge is 0.484 e. The maximum absolute atomic E-state index is 11.9. The molecule has 3 nitrogen and oxygen atoms in total. The molecule has 0 aromatic heterocycles. The molecule has 2 rings (SSSR count). The Hall–Kier alpha value is -1.27. The minimum absolute atomic E-state index is 0.0522. The maximum atomic E-state index is 11.9. The SMILES string of the molecule is CC(C)c1ccc(OCC(=O)Nc2ccc(I)cc2Cl)cc1. The van der Waals surface area contributed by atoms with Crippen LogP contribution in [0, 0.1) is 3.57 Å². The highest BCUT2D eigenvalue weighted by atomic mass is 127. The summed E-state index contributed by atoms with van der Waals surface area (Å²) in [5.41, 5.74) is 1.83. The van der Waals surface area contributed by atoms with E-state index >= 15 is 0 Å². The third kappa shape index (κ3) is 4.88. The molecule has 0 aliphatic rings. The van der Waals surface area contributed by atoms with Crippen molar-refractivity contribution in [1.29, 1.82) is 0 Å². The lowest BCUT2D eigenvalue weighted by molar-refractivity contribution is -0.118. The summed E-state index contributed by atoms with van der Waals surface area (Å²) < 4.78 is 6.50. The number of rotatable bonds is 5. The van der Waals surface area contributed by atoms with Crippen LogP contribution in [0.2, 0.25) is 5.02 Å². The summed E-state index contributed by atoms with van der Waals surface area (Å²) in [7, 11) is 0. The van der Waals surface area contributed by atoms with Crippen LogP contribution in [0.1, 0.15) is 25.3 Å². The zero-order chi connectivity index (χ0) is 16.1. The van der Waals surface area contributed by atoms with Gasteiger partial charge in [0.2, 0.25) is 0 Å². The van der Waals surface area contributed by atoms with Gasteiger partial charge in [0.25, 0.3) is 5.91 Å². The van der Waals surface area contributed by atoms with Crippen LogP contribution >= 0.6 is 34.2 Å². The highest BCUT2D eigenvalue weighted by Crippen LogP contribution is 2.24. The summed E-state index contributed by atoms with van der Waals surface area (Å²) >= 11 is 8.24. The van der Waals surface area contributed by atoms with E-state index < -0.39 is 0 Å². The van der Waals surface area contributed by atoms with Crippen molar-refractivity contribution in [2.24, 2.45) is 0 Å². The van der Waals surface area contributed by atoms with E-state index in [4.69, 9.17) is 16.3 Å². The number of ether oxygens (including phenoxy) is 1. The second kappa shape index (κ2) is 7.83. The number of hydrogen-bond donors (Lipinski definition) is 1. The summed E-state index contributed by atoms with van der Waals surface area (Å²) in [5.74, 6) is 0.907. The molecule has 1 amide bonds. The number of nitrogens with one attached hydrogen (secondary N) is 1. The van der Waals surface area contributed by atoms with E-state index in [0.717, 1.165) is 3.57 Å². The molecule has 5 heteroatoms. The van der Waals surface area contributed by atoms with E-state index in [2.05, 4.69) is 41.8 Å². The number of amides is 1. The van der Waals surface area contributed by atoms with E-state index in [1.807, 2.05) is 30.3 Å².